The Morgan fingerprint density at radius 1 is 0.968 bits per heavy atom. The van der Waals surface area contributed by atoms with Gasteiger partial charge in [-0.25, -0.2) is 4.79 Å². The molecule has 5 nitrogen and oxygen atoms in total. The van der Waals surface area contributed by atoms with Crippen LogP contribution in [0.5, 0.6) is 0 Å². The topological polar surface area (TPSA) is 60.3 Å². The summed E-state index contributed by atoms with van der Waals surface area (Å²) in [6, 6.07) is 21.6. The average molecular weight is 417 g/mol. The van der Waals surface area contributed by atoms with Gasteiger partial charge in [-0.05, 0) is 50.8 Å². The maximum atomic E-state index is 12.9. The molecule has 1 amide bonds. The monoisotopic (exact) mass is 416 g/mol. The summed E-state index contributed by atoms with van der Waals surface area (Å²) in [5.74, 6) is -0.791. The van der Waals surface area contributed by atoms with Crippen molar-refractivity contribution >= 4 is 11.9 Å². The highest BCUT2D eigenvalue weighted by Gasteiger charge is 2.30. The summed E-state index contributed by atoms with van der Waals surface area (Å²) in [4.78, 5) is 25.7. The molecular weight excluding hydrogens is 388 g/mol. The van der Waals surface area contributed by atoms with E-state index in [0.717, 1.165) is 35.4 Å². The number of hydrogen-bond acceptors (Lipinski definition) is 3. The highest BCUT2D eigenvalue weighted by molar-refractivity contribution is 5.93. The van der Waals surface area contributed by atoms with Gasteiger partial charge < -0.3 is 14.6 Å². The molecule has 1 fully saturated rings. The number of aryl methyl sites for hydroxylation is 1. The zero-order chi connectivity index (χ0) is 22.0. The van der Waals surface area contributed by atoms with Gasteiger partial charge in [0, 0.05) is 17.4 Å². The third-order valence-corrected chi connectivity index (χ3v) is 5.82. The second kappa shape index (κ2) is 8.80. The summed E-state index contributed by atoms with van der Waals surface area (Å²) < 4.78 is 7.75. The highest BCUT2D eigenvalue weighted by Crippen LogP contribution is 2.38. The van der Waals surface area contributed by atoms with Gasteiger partial charge in [-0.15, -0.1) is 0 Å². The van der Waals surface area contributed by atoms with Crippen LogP contribution in [-0.4, -0.2) is 22.5 Å². The molecule has 5 heteroatoms. The number of amides is 1. The van der Waals surface area contributed by atoms with Crippen LogP contribution in [-0.2, 0) is 9.53 Å². The number of esters is 1. The number of nitrogens with one attached hydrogen (secondary N) is 1. The highest BCUT2D eigenvalue weighted by atomic mass is 16.5. The molecule has 4 rings (SSSR count). The summed E-state index contributed by atoms with van der Waals surface area (Å²) >= 11 is 0. The zero-order valence-electron chi connectivity index (χ0n) is 18.2. The lowest BCUT2D eigenvalue weighted by Gasteiger charge is -2.22. The van der Waals surface area contributed by atoms with E-state index in [0.29, 0.717) is 11.6 Å². The average Bonchev–Trinajstić information content (AvgIpc) is 3.57. The van der Waals surface area contributed by atoms with Gasteiger partial charge in [0.25, 0.3) is 5.91 Å². The lowest BCUT2D eigenvalue weighted by atomic mass is 9.98. The molecule has 0 saturated heterocycles. The summed E-state index contributed by atoms with van der Waals surface area (Å²) in [5.41, 5.74) is 4.43. The van der Waals surface area contributed by atoms with Gasteiger partial charge in [-0.1, -0.05) is 60.7 Å². The number of hydrogen-bond donors (Lipinski definition) is 1. The third-order valence-electron chi connectivity index (χ3n) is 5.82. The number of aromatic nitrogens is 1. The molecule has 3 aromatic rings. The Hall–Kier alpha value is -3.34. The lowest BCUT2D eigenvalue weighted by Crippen LogP contribution is -2.38. The predicted molar refractivity (Wildman–Crippen MR) is 120 cm³/mol. The Bertz CT molecular complexity index is 1030. The minimum Gasteiger partial charge on any atom is -0.449 e. The second-order valence-corrected chi connectivity index (χ2v) is 8.20. The molecule has 1 N–H and O–H groups in total. The summed E-state index contributed by atoms with van der Waals surface area (Å²) in [6.07, 6.45) is 1.38. The van der Waals surface area contributed by atoms with E-state index >= 15 is 0 Å². The smallest absolute Gasteiger partial charge is 0.340 e. The third kappa shape index (κ3) is 4.55. The van der Waals surface area contributed by atoms with E-state index in [9.17, 15) is 9.59 Å². The van der Waals surface area contributed by atoms with Crippen molar-refractivity contribution in [3.05, 3.63) is 94.8 Å². The summed E-state index contributed by atoms with van der Waals surface area (Å²) in [7, 11) is 0. The zero-order valence-corrected chi connectivity index (χ0v) is 18.2. The number of nitrogens with zero attached hydrogens (tertiary/aromatic N) is 1. The maximum Gasteiger partial charge on any atom is 0.340 e. The van der Waals surface area contributed by atoms with Crippen molar-refractivity contribution in [3.8, 4) is 0 Å². The molecule has 1 atom stereocenters. The molecule has 0 radical (unpaired) electrons. The van der Waals surface area contributed by atoms with E-state index in [4.69, 9.17) is 4.74 Å². The van der Waals surface area contributed by atoms with Crippen LogP contribution in [0.4, 0.5) is 0 Å². The van der Waals surface area contributed by atoms with Crippen molar-refractivity contribution in [2.24, 2.45) is 0 Å². The normalized spacial score (nSPS) is 14.3. The minimum atomic E-state index is -0.911. The Kier molecular flexibility index (Phi) is 5.94. The fourth-order valence-electron chi connectivity index (χ4n) is 4.07. The van der Waals surface area contributed by atoms with Gasteiger partial charge in [0.15, 0.2) is 6.10 Å². The summed E-state index contributed by atoms with van der Waals surface area (Å²) in [5, 5.41) is 3.04. The van der Waals surface area contributed by atoms with Crippen molar-refractivity contribution in [2.75, 3.05) is 0 Å². The van der Waals surface area contributed by atoms with Crippen LogP contribution in [0, 0.1) is 13.8 Å². The molecule has 1 aromatic heterocycles. The molecule has 1 saturated carbocycles. The molecule has 1 aliphatic carbocycles. The van der Waals surface area contributed by atoms with E-state index in [-0.39, 0.29) is 11.9 Å². The maximum absolute atomic E-state index is 12.9. The quantitative estimate of drug-likeness (QED) is 0.558. The molecule has 160 valence electrons. The molecule has 0 spiro atoms. The first kappa shape index (κ1) is 20.9. The Balaban J connectivity index is 1.48. The molecule has 0 bridgehead atoms. The Morgan fingerprint density at radius 2 is 1.52 bits per heavy atom. The van der Waals surface area contributed by atoms with Gasteiger partial charge >= 0.3 is 5.97 Å². The summed E-state index contributed by atoms with van der Waals surface area (Å²) in [6.45, 7) is 5.55. The Morgan fingerprint density at radius 3 is 2.03 bits per heavy atom. The number of benzene rings is 2. The van der Waals surface area contributed by atoms with Crippen LogP contribution in [0.25, 0.3) is 0 Å². The van der Waals surface area contributed by atoms with Gasteiger partial charge in [0.1, 0.15) is 0 Å². The molecule has 1 aliphatic rings. The van der Waals surface area contributed by atoms with Crippen molar-refractivity contribution in [3.63, 3.8) is 0 Å². The molecule has 1 heterocycles. The first-order chi connectivity index (χ1) is 15.0. The van der Waals surface area contributed by atoms with E-state index in [1.807, 2.05) is 80.6 Å². The van der Waals surface area contributed by atoms with Gasteiger partial charge in [0.05, 0.1) is 11.6 Å². The SMILES string of the molecule is Cc1cc(C(=O)O[C@H](C)C(=O)NC(c2ccccc2)c2ccccc2)c(C)n1C1CC1. The fraction of sp³-hybridized carbons (Fsp3) is 0.308. The molecule has 2 aromatic carbocycles. The van der Waals surface area contributed by atoms with Crippen LogP contribution < -0.4 is 5.32 Å². The van der Waals surface area contributed by atoms with Crippen LogP contribution >= 0.6 is 0 Å². The van der Waals surface area contributed by atoms with Crippen LogP contribution in [0.15, 0.2) is 66.7 Å². The van der Waals surface area contributed by atoms with E-state index in [1.54, 1.807) is 6.92 Å². The van der Waals surface area contributed by atoms with Gasteiger partial charge in [0.2, 0.25) is 0 Å². The largest absolute Gasteiger partial charge is 0.449 e. The Labute approximate surface area is 183 Å². The van der Waals surface area contributed by atoms with Crippen molar-refractivity contribution in [2.45, 2.75) is 51.8 Å². The predicted octanol–water partition coefficient (Wildman–Crippen LogP) is 4.89. The first-order valence-electron chi connectivity index (χ1n) is 10.8. The molecular formula is C26H28N2O3. The lowest BCUT2D eigenvalue weighted by molar-refractivity contribution is -0.129. The van der Waals surface area contributed by atoms with Gasteiger partial charge in [-0.3, -0.25) is 4.79 Å². The fourth-order valence-corrected chi connectivity index (χ4v) is 4.07. The number of rotatable bonds is 7. The van der Waals surface area contributed by atoms with Crippen LogP contribution in [0.1, 0.15) is 64.7 Å². The molecule has 0 unspecified atom stereocenters. The number of ether oxygens (including phenoxy) is 1. The van der Waals surface area contributed by atoms with E-state index < -0.39 is 12.1 Å². The van der Waals surface area contributed by atoms with Gasteiger partial charge in [-0.2, -0.15) is 0 Å². The minimum absolute atomic E-state index is 0.323. The number of carbonyl (C=O) groups excluding carboxylic acids is 2. The van der Waals surface area contributed by atoms with Crippen LogP contribution in [0.2, 0.25) is 0 Å². The van der Waals surface area contributed by atoms with Crippen molar-refractivity contribution in [1.29, 1.82) is 0 Å². The van der Waals surface area contributed by atoms with Crippen LogP contribution in [0.3, 0.4) is 0 Å². The number of carbonyl (C=O) groups is 2. The molecule has 31 heavy (non-hydrogen) atoms. The molecule has 0 aliphatic heterocycles. The van der Waals surface area contributed by atoms with E-state index in [2.05, 4.69) is 9.88 Å². The van der Waals surface area contributed by atoms with Crippen molar-refractivity contribution in [1.82, 2.24) is 9.88 Å². The second-order valence-electron chi connectivity index (χ2n) is 8.20. The first-order valence-corrected chi connectivity index (χ1v) is 10.8. The van der Waals surface area contributed by atoms with Crippen molar-refractivity contribution < 1.29 is 14.3 Å². The van der Waals surface area contributed by atoms with E-state index in [1.165, 1.54) is 0 Å². The standard InChI is InChI=1S/C26H28N2O3/c1-17-16-23(18(2)28(17)22-14-15-22)26(30)31-19(3)25(29)27-24(20-10-6-4-7-11-20)21-12-8-5-9-13-21/h4-13,16,19,22,24H,14-15H2,1-3H3,(H,27,29)/t19-/m1/s1.